The number of benzene rings is 1. The fourth-order valence-electron chi connectivity index (χ4n) is 4.70. The molecular formula is C24H28N7O2+. The van der Waals surface area contributed by atoms with Crippen molar-refractivity contribution in [3.63, 3.8) is 0 Å². The fraction of sp³-hybridized carbons (Fsp3) is 0.375. The number of rotatable bonds is 6. The molecule has 4 heterocycles. The van der Waals surface area contributed by atoms with Crippen LogP contribution in [0.1, 0.15) is 35.0 Å². The van der Waals surface area contributed by atoms with Crippen LogP contribution in [0.3, 0.4) is 0 Å². The van der Waals surface area contributed by atoms with Crippen LogP contribution in [0.2, 0.25) is 0 Å². The summed E-state index contributed by atoms with van der Waals surface area (Å²) in [7, 11) is 1.70. The molecule has 33 heavy (non-hydrogen) atoms. The molecule has 3 amide bonds. The highest BCUT2D eigenvalue weighted by atomic mass is 16.2. The minimum atomic E-state index is -0.625. The number of urea groups is 1. The predicted molar refractivity (Wildman–Crippen MR) is 122 cm³/mol. The average Bonchev–Trinajstić information content (AvgIpc) is 3.51. The van der Waals surface area contributed by atoms with Gasteiger partial charge in [-0.3, -0.25) is 14.6 Å². The van der Waals surface area contributed by atoms with Gasteiger partial charge in [0.1, 0.15) is 11.4 Å². The molecule has 170 valence electrons. The van der Waals surface area contributed by atoms with Gasteiger partial charge in [0.15, 0.2) is 0 Å². The maximum absolute atomic E-state index is 13.6. The molecule has 1 aromatic carbocycles. The van der Waals surface area contributed by atoms with Crippen molar-refractivity contribution < 1.29 is 14.2 Å². The molecule has 9 nitrogen and oxygen atoms in total. The van der Waals surface area contributed by atoms with Crippen LogP contribution in [-0.4, -0.2) is 48.7 Å². The largest absolute Gasteiger partial charge is 0.402 e. The summed E-state index contributed by atoms with van der Waals surface area (Å²) in [6, 6.07) is 6.86. The highest BCUT2D eigenvalue weighted by molar-refractivity contribution is 6.20. The van der Waals surface area contributed by atoms with Crippen molar-refractivity contribution in [1.82, 2.24) is 23.9 Å². The smallest absolute Gasteiger partial charge is 0.337 e. The van der Waals surface area contributed by atoms with Crippen molar-refractivity contribution in [1.29, 1.82) is 0 Å². The van der Waals surface area contributed by atoms with Crippen LogP contribution < -0.4 is 4.57 Å². The maximum atomic E-state index is 13.6. The van der Waals surface area contributed by atoms with E-state index in [2.05, 4.69) is 16.5 Å². The number of imide groups is 1. The minimum Gasteiger partial charge on any atom is -0.337 e. The summed E-state index contributed by atoms with van der Waals surface area (Å²) in [5.41, 5.74) is 4.08. The van der Waals surface area contributed by atoms with Crippen LogP contribution in [0.4, 0.5) is 10.7 Å². The van der Waals surface area contributed by atoms with Crippen molar-refractivity contribution in [3.05, 3.63) is 65.5 Å². The Labute approximate surface area is 192 Å². The van der Waals surface area contributed by atoms with Crippen molar-refractivity contribution in [2.45, 2.75) is 52.9 Å². The number of hydrogen-bond acceptors (Lipinski definition) is 4. The molecule has 2 aliphatic heterocycles. The number of aliphatic imine (C=N–C) groups is 1. The average molecular weight is 447 g/mol. The van der Waals surface area contributed by atoms with Gasteiger partial charge in [0.2, 0.25) is 11.9 Å². The molecule has 3 aromatic rings. The zero-order valence-corrected chi connectivity index (χ0v) is 19.4. The molecule has 9 heteroatoms. The Morgan fingerprint density at radius 2 is 1.91 bits per heavy atom. The van der Waals surface area contributed by atoms with Gasteiger partial charge in [-0.1, -0.05) is 29.3 Å². The number of fused-ring (bicyclic) bond motifs is 3. The number of aryl methyl sites for hydroxylation is 2. The van der Waals surface area contributed by atoms with Gasteiger partial charge in [0.05, 0.1) is 19.4 Å². The number of carbonyl (C=O) groups excluding carboxylic acids is 2. The van der Waals surface area contributed by atoms with Crippen molar-refractivity contribution in [2.75, 3.05) is 7.05 Å². The Balaban J connectivity index is 1.46. The van der Waals surface area contributed by atoms with Gasteiger partial charge >= 0.3 is 12.0 Å². The number of carbonyl (C=O) groups is 2. The van der Waals surface area contributed by atoms with E-state index in [0.29, 0.717) is 5.84 Å². The zero-order valence-electron chi connectivity index (χ0n) is 19.4. The summed E-state index contributed by atoms with van der Waals surface area (Å²) < 4.78 is 6.18. The number of aromatic nitrogens is 4. The summed E-state index contributed by atoms with van der Waals surface area (Å²) in [6.07, 6.45) is 6.43. The third-order valence-corrected chi connectivity index (χ3v) is 6.77. The topological polar surface area (TPSA) is 79.6 Å². The molecule has 0 spiro atoms. The molecule has 0 aliphatic carbocycles. The molecule has 1 saturated heterocycles. The first-order valence-electron chi connectivity index (χ1n) is 11.2. The van der Waals surface area contributed by atoms with E-state index < -0.39 is 6.04 Å². The Hall–Kier alpha value is -3.75. The monoisotopic (exact) mass is 446 g/mol. The number of imidazole rings is 2. The first kappa shape index (κ1) is 21.1. The molecule has 2 aliphatic rings. The van der Waals surface area contributed by atoms with Gasteiger partial charge in [-0.05, 0) is 38.3 Å². The second-order valence-corrected chi connectivity index (χ2v) is 8.71. The van der Waals surface area contributed by atoms with Crippen LogP contribution in [0, 0.1) is 20.8 Å². The van der Waals surface area contributed by atoms with E-state index in [0.717, 1.165) is 48.0 Å². The predicted octanol–water partition coefficient (Wildman–Crippen LogP) is 2.67. The van der Waals surface area contributed by atoms with E-state index in [1.165, 1.54) is 9.80 Å². The standard InChI is InChI=1S/C24H28N7O2/c1-16-8-5-6-9-19(16)14-30-22(32)20-21(27(4)24(30)33)26-23-29(17(2)18(3)31(20)23)12-7-11-28-13-10-25-15-28/h5-6,8-10,13,15,20H,7,11-12,14H2,1-4H3/q+1. The highest BCUT2D eigenvalue weighted by Gasteiger charge is 2.54. The molecule has 0 N–H and O–H groups in total. The van der Waals surface area contributed by atoms with Gasteiger partial charge in [0, 0.05) is 26.0 Å². The number of amides is 3. The molecule has 0 bridgehead atoms. The van der Waals surface area contributed by atoms with Crippen LogP contribution in [0.15, 0.2) is 48.0 Å². The first-order chi connectivity index (χ1) is 15.9. The minimum absolute atomic E-state index is 0.234. The van der Waals surface area contributed by atoms with Crippen LogP contribution >= 0.6 is 0 Å². The van der Waals surface area contributed by atoms with Gasteiger partial charge in [-0.15, -0.1) is 0 Å². The lowest BCUT2D eigenvalue weighted by molar-refractivity contribution is -0.689. The Bertz CT molecular complexity index is 1270. The van der Waals surface area contributed by atoms with Crippen LogP contribution in [-0.2, 0) is 24.4 Å². The Morgan fingerprint density at radius 3 is 2.64 bits per heavy atom. The second-order valence-electron chi connectivity index (χ2n) is 8.71. The molecule has 0 saturated carbocycles. The lowest BCUT2D eigenvalue weighted by Gasteiger charge is -2.33. The van der Waals surface area contributed by atoms with Crippen molar-refractivity contribution in [3.8, 4) is 0 Å². The van der Waals surface area contributed by atoms with E-state index in [4.69, 9.17) is 4.99 Å². The Morgan fingerprint density at radius 1 is 1.12 bits per heavy atom. The summed E-state index contributed by atoms with van der Waals surface area (Å²) in [5.74, 6) is 0.983. The molecule has 1 fully saturated rings. The normalized spacial score (nSPS) is 17.5. The molecular weight excluding hydrogens is 418 g/mol. The van der Waals surface area contributed by atoms with Gasteiger partial charge < -0.3 is 4.57 Å². The summed E-state index contributed by atoms with van der Waals surface area (Å²) in [5, 5.41) is 0. The lowest BCUT2D eigenvalue weighted by atomic mass is 10.1. The zero-order chi connectivity index (χ0) is 23.3. The van der Waals surface area contributed by atoms with E-state index in [9.17, 15) is 9.59 Å². The summed E-state index contributed by atoms with van der Waals surface area (Å²) >= 11 is 0. The summed E-state index contributed by atoms with van der Waals surface area (Å²) in [6.45, 7) is 7.91. The lowest BCUT2D eigenvalue weighted by Crippen LogP contribution is -2.57. The Kier molecular flexibility index (Phi) is 5.11. The van der Waals surface area contributed by atoms with Crippen LogP contribution in [0.25, 0.3) is 0 Å². The van der Waals surface area contributed by atoms with Gasteiger partial charge in [-0.25, -0.2) is 18.9 Å². The van der Waals surface area contributed by atoms with Crippen molar-refractivity contribution in [2.24, 2.45) is 4.99 Å². The third kappa shape index (κ3) is 3.35. The first-order valence-corrected chi connectivity index (χ1v) is 11.2. The number of likely N-dealkylation sites (N-methyl/N-ethyl adjacent to an activating group) is 1. The van der Waals surface area contributed by atoms with E-state index >= 15 is 0 Å². The second kappa shape index (κ2) is 7.99. The number of nitrogens with zero attached hydrogens (tertiary/aromatic N) is 7. The van der Waals surface area contributed by atoms with Crippen molar-refractivity contribution >= 4 is 23.7 Å². The molecule has 2 aromatic heterocycles. The quantitative estimate of drug-likeness (QED) is 0.546. The molecule has 1 unspecified atom stereocenters. The SMILES string of the molecule is Cc1ccccc1CN1C(=O)C2C(=Nc3n2c(C)c(C)[n+]3CCCn2ccnc2)N(C)C1=O. The van der Waals surface area contributed by atoms with Crippen LogP contribution in [0.5, 0.6) is 0 Å². The number of amidine groups is 1. The molecule has 0 radical (unpaired) electrons. The fourth-order valence-corrected chi connectivity index (χ4v) is 4.70. The molecule has 1 atom stereocenters. The third-order valence-electron chi connectivity index (χ3n) is 6.77. The number of hydrogen-bond donors (Lipinski definition) is 0. The maximum Gasteiger partial charge on any atom is 0.402 e. The molecule has 5 rings (SSSR count). The summed E-state index contributed by atoms with van der Waals surface area (Å²) in [4.78, 5) is 38.5. The van der Waals surface area contributed by atoms with Gasteiger partial charge in [0.25, 0.3) is 5.91 Å². The van der Waals surface area contributed by atoms with E-state index in [-0.39, 0.29) is 18.5 Å². The van der Waals surface area contributed by atoms with E-state index in [1.54, 1.807) is 13.2 Å². The van der Waals surface area contributed by atoms with E-state index in [1.807, 2.05) is 59.8 Å². The van der Waals surface area contributed by atoms with Gasteiger partial charge in [-0.2, -0.15) is 0 Å². The highest BCUT2D eigenvalue weighted by Crippen LogP contribution is 2.35.